The fourth-order valence-electron chi connectivity index (χ4n) is 1.51. The average Bonchev–Trinajstić information content (AvgIpc) is 2.34. The van der Waals surface area contributed by atoms with Crippen molar-refractivity contribution >= 4 is 0 Å². The van der Waals surface area contributed by atoms with Crippen LogP contribution in [0, 0.1) is 0 Å². The summed E-state index contributed by atoms with van der Waals surface area (Å²) in [7, 11) is 1.67. The van der Waals surface area contributed by atoms with E-state index in [0.717, 1.165) is 24.4 Å². The summed E-state index contributed by atoms with van der Waals surface area (Å²) < 4.78 is 5.26. The molecule has 1 atom stereocenters. The fourth-order valence-corrected chi connectivity index (χ4v) is 1.51. The van der Waals surface area contributed by atoms with Gasteiger partial charge in [-0.3, -0.25) is 4.98 Å². The van der Waals surface area contributed by atoms with Gasteiger partial charge in [-0.1, -0.05) is 13.8 Å². The molecule has 2 N–H and O–H groups in total. The van der Waals surface area contributed by atoms with Crippen LogP contribution >= 0.6 is 0 Å². The average molecular weight is 237 g/mol. The lowest BCUT2D eigenvalue weighted by atomic mass is 10.2. The first-order chi connectivity index (χ1) is 8.13. The van der Waals surface area contributed by atoms with Gasteiger partial charge >= 0.3 is 0 Å². The molecule has 1 rings (SSSR count). The van der Waals surface area contributed by atoms with Crippen LogP contribution in [0.15, 0.2) is 18.5 Å². The highest BCUT2D eigenvalue weighted by Crippen LogP contribution is 2.15. The van der Waals surface area contributed by atoms with Crippen LogP contribution in [0.3, 0.4) is 0 Å². The first-order valence-corrected chi connectivity index (χ1v) is 6.07. The lowest BCUT2D eigenvalue weighted by Gasteiger charge is -2.17. The zero-order valence-corrected chi connectivity index (χ0v) is 11.2. The zero-order valence-electron chi connectivity index (χ0n) is 11.2. The van der Waals surface area contributed by atoms with Gasteiger partial charge in [-0.2, -0.15) is 0 Å². The molecule has 1 aromatic heterocycles. The number of methoxy groups -OCH3 is 1. The van der Waals surface area contributed by atoms with E-state index in [9.17, 15) is 0 Å². The van der Waals surface area contributed by atoms with Crippen molar-refractivity contribution in [2.24, 2.45) is 0 Å². The quantitative estimate of drug-likeness (QED) is 0.755. The molecule has 0 bridgehead atoms. The van der Waals surface area contributed by atoms with Crippen LogP contribution in [-0.4, -0.2) is 30.7 Å². The molecule has 17 heavy (non-hydrogen) atoms. The standard InChI is InChI=1S/C13H23N3O/c1-10(2)15-7-11(3)16-8-12-5-6-14-9-13(12)17-4/h5-6,9-11,15-16H,7-8H2,1-4H3. The number of pyridine rings is 1. The SMILES string of the molecule is COc1cnccc1CNC(C)CNC(C)C. The lowest BCUT2D eigenvalue weighted by molar-refractivity contribution is 0.402. The molecule has 0 saturated carbocycles. The Hall–Kier alpha value is -1.13. The number of hydrogen-bond donors (Lipinski definition) is 2. The summed E-state index contributed by atoms with van der Waals surface area (Å²) in [5.74, 6) is 0.837. The van der Waals surface area contributed by atoms with Gasteiger partial charge in [0.05, 0.1) is 13.3 Å². The molecule has 4 nitrogen and oxygen atoms in total. The van der Waals surface area contributed by atoms with Crippen molar-refractivity contribution in [3.63, 3.8) is 0 Å². The molecule has 0 fully saturated rings. The molecule has 0 radical (unpaired) electrons. The van der Waals surface area contributed by atoms with Crippen LogP contribution in [-0.2, 0) is 6.54 Å². The predicted octanol–water partition coefficient (Wildman–Crippen LogP) is 1.57. The summed E-state index contributed by atoms with van der Waals surface area (Å²) in [5, 5.41) is 6.86. The highest BCUT2D eigenvalue weighted by Gasteiger charge is 2.05. The van der Waals surface area contributed by atoms with Crippen LogP contribution in [0.1, 0.15) is 26.3 Å². The molecule has 96 valence electrons. The van der Waals surface area contributed by atoms with Gasteiger partial charge < -0.3 is 15.4 Å². The minimum absolute atomic E-state index is 0.426. The van der Waals surface area contributed by atoms with Crippen LogP contribution in [0.5, 0.6) is 5.75 Å². The molecular formula is C13H23N3O. The topological polar surface area (TPSA) is 46.2 Å². The highest BCUT2D eigenvalue weighted by atomic mass is 16.5. The van der Waals surface area contributed by atoms with E-state index in [1.165, 1.54) is 0 Å². The molecule has 0 amide bonds. The smallest absolute Gasteiger partial charge is 0.141 e. The summed E-state index contributed by atoms with van der Waals surface area (Å²) in [4.78, 5) is 4.04. The predicted molar refractivity (Wildman–Crippen MR) is 70.2 cm³/mol. The summed E-state index contributed by atoms with van der Waals surface area (Å²) in [6, 6.07) is 2.93. The van der Waals surface area contributed by atoms with Crippen LogP contribution < -0.4 is 15.4 Å². The summed E-state index contributed by atoms with van der Waals surface area (Å²) in [6.07, 6.45) is 3.53. The molecular weight excluding hydrogens is 214 g/mol. The largest absolute Gasteiger partial charge is 0.495 e. The monoisotopic (exact) mass is 237 g/mol. The fraction of sp³-hybridized carbons (Fsp3) is 0.615. The number of hydrogen-bond acceptors (Lipinski definition) is 4. The van der Waals surface area contributed by atoms with Crippen LogP contribution in [0.25, 0.3) is 0 Å². The summed E-state index contributed by atoms with van der Waals surface area (Å²) in [6.45, 7) is 8.23. The summed E-state index contributed by atoms with van der Waals surface area (Å²) >= 11 is 0. The Morgan fingerprint density at radius 2 is 2.06 bits per heavy atom. The number of ether oxygens (including phenoxy) is 1. The first-order valence-electron chi connectivity index (χ1n) is 6.07. The van der Waals surface area contributed by atoms with Gasteiger partial charge in [-0.05, 0) is 13.0 Å². The van der Waals surface area contributed by atoms with E-state index < -0.39 is 0 Å². The molecule has 1 aromatic rings. The van der Waals surface area contributed by atoms with Crippen molar-refractivity contribution < 1.29 is 4.74 Å². The van der Waals surface area contributed by atoms with E-state index in [2.05, 4.69) is 36.4 Å². The van der Waals surface area contributed by atoms with E-state index >= 15 is 0 Å². The van der Waals surface area contributed by atoms with E-state index in [1.54, 1.807) is 19.5 Å². The van der Waals surface area contributed by atoms with Crippen molar-refractivity contribution in [3.8, 4) is 5.75 Å². The van der Waals surface area contributed by atoms with Crippen molar-refractivity contribution in [2.75, 3.05) is 13.7 Å². The van der Waals surface area contributed by atoms with Crippen molar-refractivity contribution in [1.29, 1.82) is 0 Å². The molecule has 0 saturated heterocycles. The van der Waals surface area contributed by atoms with E-state index in [-0.39, 0.29) is 0 Å². The lowest BCUT2D eigenvalue weighted by Crippen LogP contribution is -2.38. The number of aromatic nitrogens is 1. The van der Waals surface area contributed by atoms with Crippen LogP contribution in [0.2, 0.25) is 0 Å². The van der Waals surface area contributed by atoms with E-state index in [0.29, 0.717) is 12.1 Å². The second-order valence-corrected chi connectivity index (χ2v) is 4.53. The second-order valence-electron chi connectivity index (χ2n) is 4.53. The van der Waals surface area contributed by atoms with Crippen molar-refractivity contribution in [1.82, 2.24) is 15.6 Å². The molecule has 0 aliphatic carbocycles. The van der Waals surface area contributed by atoms with Crippen molar-refractivity contribution in [3.05, 3.63) is 24.0 Å². The number of rotatable bonds is 7. The first kappa shape index (κ1) is 13.9. The minimum atomic E-state index is 0.426. The van der Waals surface area contributed by atoms with Gasteiger partial charge in [-0.25, -0.2) is 0 Å². The maximum absolute atomic E-state index is 5.26. The molecule has 1 unspecified atom stereocenters. The minimum Gasteiger partial charge on any atom is -0.495 e. The van der Waals surface area contributed by atoms with Gasteiger partial charge in [0, 0.05) is 36.9 Å². The Labute approximate surface area is 104 Å². The molecule has 0 aliphatic rings. The van der Waals surface area contributed by atoms with Crippen LogP contribution in [0.4, 0.5) is 0 Å². The highest BCUT2D eigenvalue weighted by molar-refractivity contribution is 5.29. The molecule has 0 spiro atoms. The normalized spacial score (nSPS) is 12.8. The maximum atomic E-state index is 5.26. The van der Waals surface area contributed by atoms with E-state index in [4.69, 9.17) is 4.74 Å². The summed E-state index contributed by atoms with van der Waals surface area (Å²) in [5.41, 5.74) is 1.14. The van der Waals surface area contributed by atoms with Gasteiger partial charge in [0.15, 0.2) is 0 Å². The maximum Gasteiger partial charge on any atom is 0.141 e. The number of nitrogens with one attached hydrogen (secondary N) is 2. The van der Waals surface area contributed by atoms with Gasteiger partial charge in [-0.15, -0.1) is 0 Å². The Morgan fingerprint density at radius 1 is 1.29 bits per heavy atom. The molecule has 0 aliphatic heterocycles. The third-order valence-electron chi connectivity index (χ3n) is 2.56. The Bertz CT molecular complexity index is 328. The molecule has 1 heterocycles. The number of nitrogens with zero attached hydrogens (tertiary/aromatic N) is 1. The Morgan fingerprint density at radius 3 is 2.71 bits per heavy atom. The third kappa shape index (κ3) is 5.15. The third-order valence-corrected chi connectivity index (χ3v) is 2.56. The zero-order chi connectivity index (χ0) is 12.7. The Kier molecular flexibility index (Phi) is 5.94. The van der Waals surface area contributed by atoms with Gasteiger partial charge in [0.25, 0.3) is 0 Å². The van der Waals surface area contributed by atoms with Crippen molar-refractivity contribution in [2.45, 2.75) is 39.4 Å². The molecule has 4 heteroatoms. The van der Waals surface area contributed by atoms with Gasteiger partial charge in [0.1, 0.15) is 5.75 Å². The van der Waals surface area contributed by atoms with E-state index in [1.807, 2.05) is 6.07 Å². The second kappa shape index (κ2) is 7.25. The molecule has 0 aromatic carbocycles. The Balaban J connectivity index is 2.39. The van der Waals surface area contributed by atoms with Gasteiger partial charge in [0.2, 0.25) is 0 Å².